The lowest BCUT2D eigenvalue weighted by Gasteiger charge is -2.34. The predicted octanol–water partition coefficient (Wildman–Crippen LogP) is 2.53. The molecule has 1 atom stereocenters. The minimum Gasteiger partial charge on any atom is -0.491 e. The summed E-state index contributed by atoms with van der Waals surface area (Å²) in [6, 6.07) is 11.9. The van der Waals surface area contributed by atoms with Gasteiger partial charge in [0, 0.05) is 38.3 Å². The van der Waals surface area contributed by atoms with Crippen molar-refractivity contribution in [3.8, 4) is 5.75 Å². The maximum atomic E-state index is 13.4. The van der Waals surface area contributed by atoms with E-state index in [0.29, 0.717) is 17.9 Å². The highest BCUT2D eigenvalue weighted by Gasteiger charge is 2.30. The quantitative estimate of drug-likeness (QED) is 0.679. The van der Waals surface area contributed by atoms with Crippen molar-refractivity contribution in [2.24, 2.45) is 0 Å². The van der Waals surface area contributed by atoms with Gasteiger partial charge in [0.2, 0.25) is 10.0 Å². The summed E-state index contributed by atoms with van der Waals surface area (Å²) in [6.07, 6.45) is 2.18. The number of amides is 1. The van der Waals surface area contributed by atoms with Gasteiger partial charge in [0.15, 0.2) is 0 Å². The van der Waals surface area contributed by atoms with Crippen molar-refractivity contribution < 1.29 is 27.1 Å². The number of hydrogen-bond acceptors (Lipinski definition) is 5. The van der Waals surface area contributed by atoms with E-state index in [-0.39, 0.29) is 43.1 Å². The van der Waals surface area contributed by atoms with Gasteiger partial charge in [-0.2, -0.15) is 4.31 Å². The van der Waals surface area contributed by atoms with Crippen molar-refractivity contribution in [3.05, 3.63) is 59.9 Å². The van der Waals surface area contributed by atoms with Gasteiger partial charge in [0.05, 0.1) is 11.0 Å². The number of carbonyl (C=O) groups excluding carboxylic acids is 1. The molecule has 9 heteroatoms. The molecule has 166 valence electrons. The molecule has 0 saturated carbocycles. The maximum absolute atomic E-state index is 13.4. The smallest absolute Gasteiger partial charge is 0.253 e. The third-order valence-corrected chi connectivity index (χ3v) is 7.42. The van der Waals surface area contributed by atoms with Gasteiger partial charge in [-0.3, -0.25) is 4.79 Å². The first-order chi connectivity index (χ1) is 14.9. The van der Waals surface area contributed by atoms with E-state index in [9.17, 15) is 17.6 Å². The van der Waals surface area contributed by atoms with Crippen LogP contribution >= 0.6 is 0 Å². The van der Waals surface area contributed by atoms with E-state index >= 15 is 0 Å². The van der Waals surface area contributed by atoms with Crippen molar-refractivity contribution >= 4 is 15.9 Å². The van der Waals surface area contributed by atoms with E-state index in [1.807, 2.05) is 0 Å². The Morgan fingerprint density at radius 2 is 1.84 bits per heavy atom. The van der Waals surface area contributed by atoms with Crippen LogP contribution in [0.4, 0.5) is 4.39 Å². The lowest BCUT2D eigenvalue weighted by molar-refractivity contribution is 0.0676. The first-order valence-corrected chi connectivity index (χ1v) is 11.8. The van der Waals surface area contributed by atoms with Gasteiger partial charge in [-0.15, -0.1) is 0 Å². The fourth-order valence-electron chi connectivity index (χ4n) is 3.75. The second-order valence-corrected chi connectivity index (χ2v) is 9.56. The molecule has 0 radical (unpaired) electrons. The summed E-state index contributed by atoms with van der Waals surface area (Å²) in [5, 5.41) is 0. The summed E-state index contributed by atoms with van der Waals surface area (Å²) in [7, 11) is -3.79. The predicted molar refractivity (Wildman–Crippen MR) is 112 cm³/mol. The summed E-state index contributed by atoms with van der Waals surface area (Å²) in [6.45, 7) is 2.13. The third kappa shape index (κ3) is 5.06. The average molecular weight is 449 g/mol. The van der Waals surface area contributed by atoms with Crippen molar-refractivity contribution in [2.45, 2.75) is 23.8 Å². The molecular weight excluding hydrogens is 423 g/mol. The zero-order valence-electron chi connectivity index (χ0n) is 17.1. The molecule has 4 rings (SSSR count). The molecule has 31 heavy (non-hydrogen) atoms. The summed E-state index contributed by atoms with van der Waals surface area (Å²) in [5.41, 5.74) is 0.519. The minimum atomic E-state index is -3.79. The van der Waals surface area contributed by atoms with E-state index in [0.717, 1.165) is 25.5 Å². The van der Waals surface area contributed by atoms with Crippen LogP contribution in [0.5, 0.6) is 5.75 Å². The van der Waals surface area contributed by atoms with Gasteiger partial charge in [0.25, 0.3) is 5.91 Å². The topological polar surface area (TPSA) is 76.2 Å². The molecule has 2 aliphatic heterocycles. The van der Waals surface area contributed by atoms with E-state index in [1.54, 1.807) is 29.2 Å². The standard InChI is InChI=1S/C22H25FN2O5S/c23-18-3-1-5-21(15-18)31(27,28)25-12-10-24(11-13-25)22(26)17-6-8-19(9-7-17)30-16-20-4-2-14-29-20/h1,3,5-9,15,20H,2,4,10-14,16H2/t20-/m1/s1. The van der Waals surface area contributed by atoms with Gasteiger partial charge in [-0.1, -0.05) is 6.07 Å². The van der Waals surface area contributed by atoms with E-state index in [1.165, 1.54) is 22.5 Å². The normalized spacial score (nSPS) is 20.0. The second-order valence-electron chi connectivity index (χ2n) is 7.62. The number of ether oxygens (including phenoxy) is 2. The van der Waals surface area contributed by atoms with Crippen LogP contribution in [-0.2, 0) is 14.8 Å². The van der Waals surface area contributed by atoms with E-state index in [2.05, 4.69) is 0 Å². The Kier molecular flexibility index (Phi) is 6.54. The highest BCUT2D eigenvalue weighted by atomic mass is 32.2. The first-order valence-electron chi connectivity index (χ1n) is 10.3. The molecule has 0 aliphatic carbocycles. The number of nitrogens with zero attached hydrogens (tertiary/aromatic N) is 2. The molecule has 0 unspecified atom stereocenters. The zero-order chi connectivity index (χ0) is 21.8. The van der Waals surface area contributed by atoms with Crippen molar-refractivity contribution in [1.29, 1.82) is 0 Å². The highest BCUT2D eigenvalue weighted by molar-refractivity contribution is 7.89. The van der Waals surface area contributed by atoms with Crippen molar-refractivity contribution in [3.63, 3.8) is 0 Å². The Morgan fingerprint density at radius 3 is 2.48 bits per heavy atom. The molecular formula is C22H25FN2O5S. The highest BCUT2D eigenvalue weighted by Crippen LogP contribution is 2.21. The van der Waals surface area contributed by atoms with Crippen LogP contribution in [0, 0.1) is 5.82 Å². The van der Waals surface area contributed by atoms with Crippen LogP contribution in [0.2, 0.25) is 0 Å². The molecule has 7 nitrogen and oxygen atoms in total. The SMILES string of the molecule is O=C(c1ccc(OC[C@H]2CCCO2)cc1)N1CCN(S(=O)(=O)c2cccc(F)c2)CC1. The Labute approximate surface area is 181 Å². The minimum absolute atomic E-state index is 0.0779. The molecule has 2 aliphatic rings. The first kappa shape index (κ1) is 21.7. The van der Waals surface area contributed by atoms with Crippen LogP contribution in [-0.4, -0.2) is 69.0 Å². The number of hydrogen-bond donors (Lipinski definition) is 0. The largest absolute Gasteiger partial charge is 0.491 e. The van der Waals surface area contributed by atoms with Crippen LogP contribution in [0.25, 0.3) is 0 Å². The summed E-state index contributed by atoms with van der Waals surface area (Å²) in [4.78, 5) is 14.3. The Bertz CT molecular complexity index is 1010. The van der Waals surface area contributed by atoms with E-state index < -0.39 is 15.8 Å². The molecule has 0 bridgehead atoms. The molecule has 2 heterocycles. The lowest BCUT2D eigenvalue weighted by atomic mass is 10.2. The molecule has 0 aromatic heterocycles. The summed E-state index contributed by atoms with van der Waals surface area (Å²) in [5.74, 6) is -0.0791. The third-order valence-electron chi connectivity index (χ3n) is 5.52. The van der Waals surface area contributed by atoms with Crippen LogP contribution < -0.4 is 4.74 Å². The molecule has 2 fully saturated rings. The Balaban J connectivity index is 1.32. The number of carbonyl (C=O) groups is 1. The number of rotatable bonds is 6. The number of halogens is 1. The van der Waals surface area contributed by atoms with Gasteiger partial charge in [-0.25, -0.2) is 12.8 Å². The Hall–Kier alpha value is -2.49. The maximum Gasteiger partial charge on any atom is 0.253 e. The number of piperazine rings is 1. The van der Waals surface area contributed by atoms with Crippen LogP contribution in [0.3, 0.4) is 0 Å². The van der Waals surface area contributed by atoms with E-state index in [4.69, 9.17) is 9.47 Å². The van der Waals surface area contributed by atoms with Crippen molar-refractivity contribution in [1.82, 2.24) is 9.21 Å². The van der Waals surface area contributed by atoms with Crippen LogP contribution in [0.15, 0.2) is 53.4 Å². The van der Waals surface area contributed by atoms with Gasteiger partial charge < -0.3 is 14.4 Å². The average Bonchev–Trinajstić information content (AvgIpc) is 3.31. The molecule has 2 aromatic rings. The fraction of sp³-hybridized carbons (Fsp3) is 0.409. The van der Waals surface area contributed by atoms with Gasteiger partial charge in [-0.05, 0) is 55.3 Å². The molecule has 2 aromatic carbocycles. The van der Waals surface area contributed by atoms with Crippen LogP contribution in [0.1, 0.15) is 23.2 Å². The number of sulfonamides is 1. The number of benzene rings is 2. The monoisotopic (exact) mass is 448 g/mol. The Morgan fingerprint density at radius 1 is 1.10 bits per heavy atom. The second kappa shape index (κ2) is 9.33. The zero-order valence-corrected chi connectivity index (χ0v) is 17.9. The lowest BCUT2D eigenvalue weighted by Crippen LogP contribution is -2.50. The molecule has 0 N–H and O–H groups in total. The summed E-state index contributed by atoms with van der Waals surface area (Å²) >= 11 is 0. The fourth-order valence-corrected chi connectivity index (χ4v) is 5.20. The molecule has 0 spiro atoms. The van der Waals surface area contributed by atoms with Gasteiger partial charge in [0.1, 0.15) is 18.2 Å². The van der Waals surface area contributed by atoms with Gasteiger partial charge >= 0.3 is 0 Å². The summed E-state index contributed by atoms with van der Waals surface area (Å²) < 4.78 is 51.4. The molecule has 2 saturated heterocycles. The van der Waals surface area contributed by atoms with Crippen molar-refractivity contribution in [2.75, 3.05) is 39.4 Å². The molecule has 1 amide bonds.